The van der Waals surface area contributed by atoms with E-state index in [1.807, 2.05) is 0 Å². The second kappa shape index (κ2) is 6.19. The standard InChI is InChI=1S/C15H17N5O4/c1-8-16-15-18-14(22)11(20(15)19-8)7-13(21)17-10-6-9(23-2)4-5-12(10)24-3/h4-6,11H,7H2,1-3H3,(H,17,21)(H,16,18,19,22)/t11-/m1/s1. The van der Waals surface area contributed by atoms with Crippen molar-refractivity contribution in [2.45, 2.75) is 19.4 Å². The molecular formula is C15H17N5O4. The molecule has 0 saturated heterocycles. The molecule has 0 radical (unpaired) electrons. The van der Waals surface area contributed by atoms with Crippen molar-refractivity contribution in [3.8, 4) is 11.5 Å². The summed E-state index contributed by atoms with van der Waals surface area (Å²) in [6.45, 7) is 1.72. The predicted molar refractivity (Wildman–Crippen MR) is 85.2 cm³/mol. The van der Waals surface area contributed by atoms with Crippen molar-refractivity contribution in [1.29, 1.82) is 0 Å². The van der Waals surface area contributed by atoms with Gasteiger partial charge in [-0.05, 0) is 19.1 Å². The molecule has 0 aliphatic carbocycles. The Hall–Kier alpha value is -3.10. The fourth-order valence-corrected chi connectivity index (χ4v) is 2.50. The summed E-state index contributed by atoms with van der Waals surface area (Å²) in [7, 11) is 3.04. The van der Waals surface area contributed by atoms with Gasteiger partial charge >= 0.3 is 0 Å². The van der Waals surface area contributed by atoms with Gasteiger partial charge in [-0.1, -0.05) is 0 Å². The molecule has 1 aliphatic heterocycles. The Morgan fingerprint density at radius 1 is 1.38 bits per heavy atom. The predicted octanol–water partition coefficient (Wildman–Crippen LogP) is 1.13. The van der Waals surface area contributed by atoms with E-state index in [2.05, 4.69) is 20.7 Å². The first-order valence-corrected chi connectivity index (χ1v) is 7.27. The van der Waals surface area contributed by atoms with Crippen LogP contribution >= 0.6 is 0 Å². The number of nitrogens with zero attached hydrogens (tertiary/aromatic N) is 3. The van der Waals surface area contributed by atoms with Crippen molar-refractivity contribution in [3.05, 3.63) is 24.0 Å². The van der Waals surface area contributed by atoms with Gasteiger partial charge in [0.25, 0.3) is 5.91 Å². The van der Waals surface area contributed by atoms with Crippen LogP contribution in [-0.4, -0.2) is 40.8 Å². The number of aromatic nitrogens is 3. The third kappa shape index (κ3) is 2.87. The van der Waals surface area contributed by atoms with Gasteiger partial charge in [0.15, 0.2) is 0 Å². The lowest BCUT2D eigenvalue weighted by atomic mass is 10.2. The summed E-state index contributed by atoms with van der Waals surface area (Å²) >= 11 is 0. The molecule has 2 amide bonds. The molecule has 0 fully saturated rings. The topological polar surface area (TPSA) is 107 Å². The number of rotatable bonds is 5. The van der Waals surface area contributed by atoms with Crippen LogP contribution in [0.2, 0.25) is 0 Å². The molecule has 0 unspecified atom stereocenters. The van der Waals surface area contributed by atoms with Gasteiger partial charge in [0.05, 0.1) is 26.3 Å². The molecule has 2 aromatic rings. The summed E-state index contributed by atoms with van der Waals surface area (Å²) in [5, 5.41) is 9.48. The number of carbonyl (C=O) groups is 2. The van der Waals surface area contributed by atoms with E-state index >= 15 is 0 Å². The molecule has 0 saturated carbocycles. The lowest BCUT2D eigenvalue weighted by Crippen LogP contribution is -2.24. The molecule has 9 heteroatoms. The first-order valence-electron chi connectivity index (χ1n) is 7.27. The monoisotopic (exact) mass is 331 g/mol. The van der Waals surface area contributed by atoms with Crippen molar-refractivity contribution in [1.82, 2.24) is 14.8 Å². The number of hydrogen-bond donors (Lipinski definition) is 2. The average molecular weight is 331 g/mol. The highest BCUT2D eigenvalue weighted by atomic mass is 16.5. The molecule has 24 heavy (non-hydrogen) atoms. The van der Waals surface area contributed by atoms with E-state index in [0.29, 0.717) is 29.0 Å². The highest BCUT2D eigenvalue weighted by molar-refractivity contribution is 6.01. The molecule has 9 nitrogen and oxygen atoms in total. The Balaban J connectivity index is 1.75. The van der Waals surface area contributed by atoms with E-state index in [1.54, 1.807) is 25.1 Å². The highest BCUT2D eigenvalue weighted by Gasteiger charge is 2.34. The fourth-order valence-electron chi connectivity index (χ4n) is 2.50. The van der Waals surface area contributed by atoms with Crippen molar-refractivity contribution >= 4 is 23.5 Å². The summed E-state index contributed by atoms with van der Waals surface area (Å²) in [5.41, 5.74) is 0.468. The van der Waals surface area contributed by atoms with Gasteiger partial charge in [-0.2, -0.15) is 10.1 Å². The number of ether oxygens (including phenoxy) is 2. The molecule has 1 aliphatic rings. The van der Waals surface area contributed by atoms with E-state index < -0.39 is 6.04 Å². The molecule has 2 heterocycles. The van der Waals surface area contributed by atoms with Gasteiger partial charge in [-0.3, -0.25) is 14.9 Å². The highest BCUT2D eigenvalue weighted by Crippen LogP contribution is 2.30. The van der Waals surface area contributed by atoms with Crippen molar-refractivity contribution in [3.63, 3.8) is 0 Å². The van der Waals surface area contributed by atoms with Crippen molar-refractivity contribution < 1.29 is 19.1 Å². The molecule has 0 spiro atoms. The Morgan fingerprint density at radius 2 is 2.17 bits per heavy atom. The fraction of sp³-hybridized carbons (Fsp3) is 0.333. The minimum Gasteiger partial charge on any atom is -0.497 e. The molecule has 1 aromatic heterocycles. The largest absolute Gasteiger partial charge is 0.497 e. The summed E-state index contributed by atoms with van der Waals surface area (Å²) < 4.78 is 11.8. The second-order valence-corrected chi connectivity index (χ2v) is 5.25. The zero-order valence-corrected chi connectivity index (χ0v) is 13.5. The molecule has 1 aromatic carbocycles. The van der Waals surface area contributed by atoms with Crippen molar-refractivity contribution in [2.75, 3.05) is 24.9 Å². The molecule has 0 bridgehead atoms. The summed E-state index contributed by atoms with van der Waals surface area (Å²) in [6.07, 6.45) is -0.0675. The maximum Gasteiger partial charge on any atom is 0.252 e. The number of methoxy groups -OCH3 is 2. The summed E-state index contributed by atoms with van der Waals surface area (Å²) in [5.74, 6) is 1.32. The smallest absolute Gasteiger partial charge is 0.252 e. The van der Waals surface area contributed by atoms with Gasteiger partial charge in [-0.25, -0.2) is 4.68 Å². The first kappa shape index (κ1) is 15.8. The molecule has 1 atom stereocenters. The van der Waals surface area contributed by atoms with Gasteiger partial charge in [0.2, 0.25) is 11.9 Å². The van der Waals surface area contributed by atoms with Crippen LogP contribution in [0.25, 0.3) is 0 Å². The van der Waals surface area contributed by atoms with Crippen LogP contribution in [0.15, 0.2) is 18.2 Å². The number of fused-ring (bicyclic) bond motifs is 1. The Bertz CT molecular complexity index is 801. The van der Waals surface area contributed by atoms with Crippen LogP contribution in [0.5, 0.6) is 11.5 Å². The number of hydrogen-bond acceptors (Lipinski definition) is 6. The number of benzene rings is 1. The Kier molecular flexibility index (Phi) is 4.07. The van der Waals surface area contributed by atoms with E-state index in [-0.39, 0.29) is 18.2 Å². The van der Waals surface area contributed by atoms with E-state index in [9.17, 15) is 9.59 Å². The van der Waals surface area contributed by atoms with Gasteiger partial charge in [0, 0.05) is 6.07 Å². The van der Waals surface area contributed by atoms with E-state index in [4.69, 9.17) is 9.47 Å². The number of nitrogens with one attached hydrogen (secondary N) is 2. The van der Waals surface area contributed by atoms with Gasteiger partial charge in [-0.15, -0.1) is 0 Å². The van der Waals surface area contributed by atoms with Gasteiger partial charge < -0.3 is 14.8 Å². The number of amides is 2. The quantitative estimate of drug-likeness (QED) is 0.850. The van der Waals surface area contributed by atoms with E-state index in [1.165, 1.54) is 18.9 Å². The van der Waals surface area contributed by atoms with Crippen LogP contribution < -0.4 is 20.1 Å². The average Bonchev–Trinajstić information content (AvgIpc) is 3.04. The van der Waals surface area contributed by atoms with Crippen molar-refractivity contribution in [2.24, 2.45) is 0 Å². The maximum atomic E-state index is 12.3. The molecule has 126 valence electrons. The zero-order valence-electron chi connectivity index (χ0n) is 13.5. The Morgan fingerprint density at radius 3 is 2.88 bits per heavy atom. The molecule has 2 N–H and O–H groups in total. The SMILES string of the molecule is COc1ccc(OC)c(NC(=O)C[C@@H]2C(=O)Nc3nc(C)nn32)c1. The third-order valence-electron chi connectivity index (χ3n) is 3.63. The summed E-state index contributed by atoms with van der Waals surface area (Å²) in [4.78, 5) is 28.4. The number of aryl methyl sites for hydroxylation is 1. The number of anilines is 2. The third-order valence-corrected chi connectivity index (χ3v) is 3.63. The summed E-state index contributed by atoms with van der Waals surface area (Å²) in [6, 6.07) is 4.34. The first-order chi connectivity index (χ1) is 11.5. The Labute approximate surface area is 138 Å². The van der Waals surface area contributed by atoms with Crippen LogP contribution in [0.4, 0.5) is 11.6 Å². The zero-order chi connectivity index (χ0) is 17.3. The van der Waals surface area contributed by atoms with Crippen LogP contribution in [0.1, 0.15) is 18.3 Å². The normalized spacial score (nSPS) is 15.6. The lowest BCUT2D eigenvalue weighted by molar-refractivity contribution is -0.123. The van der Waals surface area contributed by atoms with E-state index in [0.717, 1.165) is 0 Å². The minimum absolute atomic E-state index is 0.0675. The van der Waals surface area contributed by atoms with Crippen LogP contribution in [0, 0.1) is 6.92 Å². The van der Waals surface area contributed by atoms with Crippen LogP contribution in [-0.2, 0) is 9.59 Å². The molecular weight excluding hydrogens is 314 g/mol. The van der Waals surface area contributed by atoms with Gasteiger partial charge in [0.1, 0.15) is 23.4 Å². The maximum absolute atomic E-state index is 12.3. The van der Waals surface area contributed by atoms with Crippen LogP contribution in [0.3, 0.4) is 0 Å². The lowest BCUT2D eigenvalue weighted by Gasteiger charge is -2.13. The number of carbonyl (C=O) groups excluding carboxylic acids is 2. The molecule has 3 rings (SSSR count). The second-order valence-electron chi connectivity index (χ2n) is 5.25. The minimum atomic E-state index is -0.724.